The van der Waals surface area contributed by atoms with Crippen molar-refractivity contribution >= 4 is 11.6 Å². The predicted molar refractivity (Wildman–Crippen MR) is 46.4 cm³/mol. The lowest BCUT2D eigenvalue weighted by Gasteiger charge is -1.89. The fourth-order valence-corrected chi connectivity index (χ4v) is 0.779. The van der Waals surface area contributed by atoms with Gasteiger partial charge in [-0.2, -0.15) is 4.39 Å². The number of hydrogen-bond acceptors (Lipinski definition) is 1. The van der Waals surface area contributed by atoms with Crippen LogP contribution in [0.15, 0.2) is 18.3 Å². The first kappa shape index (κ1) is 9.02. The van der Waals surface area contributed by atoms with Gasteiger partial charge < -0.3 is 0 Å². The molecule has 0 N–H and O–H groups in total. The minimum atomic E-state index is -0.528. The number of pyridine rings is 1. The van der Waals surface area contributed by atoms with Gasteiger partial charge in [0.1, 0.15) is 0 Å². The van der Waals surface area contributed by atoms with Crippen molar-refractivity contribution in [3.8, 4) is 11.8 Å². The third-order valence-corrected chi connectivity index (χ3v) is 1.39. The summed E-state index contributed by atoms with van der Waals surface area (Å²) in [6.07, 6.45) is 1.96. The number of nitrogens with zero attached hydrogens (tertiary/aromatic N) is 1. The third-order valence-electron chi connectivity index (χ3n) is 1.20. The summed E-state index contributed by atoms with van der Waals surface area (Å²) >= 11 is 5.40. The van der Waals surface area contributed by atoms with E-state index in [1.807, 2.05) is 0 Å². The molecule has 62 valence electrons. The van der Waals surface area contributed by atoms with E-state index in [-0.39, 0.29) is 0 Å². The maximum atomic E-state index is 12.8. The van der Waals surface area contributed by atoms with Crippen molar-refractivity contribution in [3.63, 3.8) is 0 Å². The Labute approximate surface area is 75.6 Å². The second-order valence-corrected chi connectivity index (χ2v) is 2.46. The average Bonchev–Trinajstić information content (AvgIpc) is 2.09. The maximum absolute atomic E-state index is 12.8. The first-order valence-electron chi connectivity index (χ1n) is 3.50. The largest absolute Gasteiger partial charge is 0.228 e. The summed E-state index contributed by atoms with van der Waals surface area (Å²) in [5.41, 5.74) is 0.322. The van der Waals surface area contributed by atoms with Gasteiger partial charge in [-0.15, -0.1) is 11.6 Å². The Bertz CT molecular complexity index is 314. The van der Waals surface area contributed by atoms with Crippen molar-refractivity contribution in [2.24, 2.45) is 0 Å². The van der Waals surface area contributed by atoms with E-state index in [0.717, 1.165) is 0 Å². The normalized spacial score (nSPS) is 8.83. The van der Waals surface area contributed by atoms with Gasteiger partial charge in [0.2, 0.25) is 5.95 Å². The summed E-state index contributed by atoms with van der Waals surface area (Å²) in [6.45, 7) is 0. The maximum Gasteiger partial charge on any atom is 0.228 e. The van der Waals surface area contributed by atoms with Crippen LogP contribution >= 0.6 is 11.6 Å². The number of hydrogen-bond donors (Lipinski definition) is 0. The summed E-state index contributed by atoms with van der Waals surface area (Å²) in [5, 5.41) is 0. The molecule has 0 saturated heterocycles. The van der Waals surface area contributed by atoms with E-state index in [4.69, 9.17) is 11.6 Å². The lowest BCUT2D eigenvalue weighted by Crippen LogP contribution is -1.86. The number of halogens is 2. The lowest BCUT2D eigenvalue weighted by molar-refractivity contribution is 0.580. The quantitative estimate of drug-likeness (QED) is 0.370. The monoisotopic (exact) mass is 183 g/mol. The van der Waals surface area contributed by atoms with E-state index in [2.05, 4.69) is 16.8 Å². The van der Waals surface area contributed by atoms with Crippen molar-refractivity contribution in [2.45, 2.75) is 6.42 Å². The Hall–Kier alpha value is -1.07. The van der Waals surface area contributed by atoms with Crippen LogP contribution in [-0.2, 0) is 0 Å². The summed E-state index contributed by atoms with van der Waals surface area (Å²) in [5.74, 6) is 5.31. The highest BCUT2D eigenvalue weighted by Gasteiger charge is 1.95. The lowest BCUT2D eigenvalue weighted by atomic mass is 10.3. The molecule has 0 aliphatic heterocycles. The molecule has 0 spiro atoms. The Morgan fingerprint density at radius 1 is 1.58 bits per heavy atom. The van der Waals surface area contributed by atoms with Gasteiger partial charge in [0.25, 0.3) is 0 Å². The minimum absolute atomic E-state index is 0.322. The van der Waals surface area contributed by atoms with Gasteiger partial charge in [0.15, 0.2) is 0 Å². The van der Waals surface area contributed by atoms with Crippen molar-refractivity contribution in [3.05, 3.63) is 29.8 Å². The highest BCUT2D eigenvalue weighted by Crippen LogP contribution is 2.00. The number of rotatable bonds is 1. The van der Waals surface area contributed by atoms with Crippen LogP contribution in [0.5, 0.6) is 0 Å². The molecule has 0 amide bonds. The van der Waals surface area contributed by atoms with Crippen LogP contribution in [0.4, 0.5) is 4.39 Å². The van der Waals surface area contributed by atoms with Crippen LogP contribution in [0.25, 0.3) is 0 Å². The zero-order valence-electron chi connectivity index (χ0n) is 6.35. The van der Waals surface area contributed by atoms with E-state index < -0.39 is 5.95 Å². The van der Waals surface area contributed by atoms with Crippen molar-refractivity contribution in [1.82, 2.24) is 4.98 Å². The van der Waals surface area contributed by atoms with E-state index >= 15 is 0 Å². The molecule has 12 heavy (non-hydrogen) atoms. The van der Waals surface area contributed by atoms with Crippen LogP contribution in [0, 0.1) is 17.8 Å². The molecule has 1 aromatic heterocycles. The SMILES string of the molecule is Fc1ncccc1C#CCCCl. The highest BCUT2D eigenvalue weighted by molar-refractivity contribution is 6.18. The number of alkyl halides is 1. The molecule has 3 heteroatoms. The Balaban J connectivity index is 2.77. The molecule has 0 radical (unpaired) electrons. The first-order valence-corrected chi connectivity index (χ1v) is 4.03. The predicted octanol–water partition coefficient (Wildman–Crippen LogP) is 2.20. The Kier molecular flexibility index (Phi) is 3.56. The summed E-state index contributed by atoms with van der Waals surface area (Å²) in [6, 6.07) is 3.23. The molecule has 0 bridgehead atoms. The van der Waals surface area contributed by atoms with Gasteiger partial charge in [0, 0.05) is 18.5 Å². The summed E-state index contributed by atoms with van der Waals surface area (Å²) in [4.78, 5) is 3.46. The van der Waals surface area contributed by atoms with Gasteiger partial charge in [-0.25, -0.2) is 4.98 Å². The van der Waals surface area contributed by atoms with Crippen LogP contribution in [0.1, 0.15) is 12.0 Å². The van der Waals surface area contributed by atoms with Crippen LogP contribution in [0.2, 0.25) is 0 Å². The molecule has 0 aliphatic rings. The van der Waals surface area contributed by atoms with Gasteiger partial charge in [-0.1, -0.05) is 11.8 Å². The molecule has 0 aromatic carbocycles. The van der Waals surface area contributed by atoms with Gasteiger partial charge >= 0.3 is 0 Å². The average molecular weight is 184 g/mol. The van der Waals surface area contributed by atoms with Crippen LogP contribution in [-0.4, -0.2) is 10.9 Å². The van der Waals surface area contributed by atoms with Gasteiger partial charge in [-0.3, -0.25) is 0 Å². The Morgan fingerprint density at radius 3 is 3.08 bits per heavy atom. The van der Waals surface area contributed by atoms with Crippen molar-refractivity contribution in [1.29, 1.82) is 0 Å². The smallest absolute Gasteiger partial charge is 0.227 e. The van der Waals surface area contributed by atoms with Crippen LogP contribution < -0.4 is 0 Å². The van der Waals surface area contributed by atoms with E-state index in [1.165, 1.54) is 6.20 Å². The molecule has 1 aromatic rings. The van der Waals surface area contributed by atoms with Crippen LogP contribution in [0.3, 0.4) is 0 Å². The zero-order chi connectivity index (χ0) is 8.81. The molecular weight excluding hydrogens is 177 g/mol. The van der Waals surface area contributed by atoms with Gasteiger partial charge in [0.05, 0.1) is 5.56 Å². The molecule has 1 nitrogen and oxygen atoms in total. The van der Waals surface area contributed by atoms with E-state index in [1.54, 1.807) is 12.1 Å². The second kappa shape index (κ2) is 4.74. The molecule has 0 fully saturated rings. The molecule has 0 unspecified atom stereocenters. The van der Waals surface area contributed by atoms with E-state index in [0.29, 0.717) is 17.9 Å². The summed E-state index contributed by atoms with van der Waals surface area (Å²) < 4.78 is 12.8. The molecule has 0 aliphatic carbocycles. The van der Waals surface area contributed by atoms with Gasteiger partial charge in [-0.05, 0) is 12.1 Å². The molecule has 0 atom stereocenters. The highest BCUT2D eigenvalue weighted by atomic mass is 35.5. The number of aromatic nitrogens is 1. The van der Waals surface area contributed by atoms with Crippen molar-refractivity contribution in [2.75, 3.05) is 5.88 Å². The van der Waals surface area contributed by atoms with E-state index in [9.17, 15) is 4.39 Å². The second-order valence-electron chi connectivity index (χ2n) is 2.08. The fraction of sp³-hybridized carbons (Fsp3) is 0.222. The molecule has 0 saturated carbocycles. The molecular formula is C9H7ClFN. The third kappa shape index (κ3) is 2.52. The Morgan fingerprint density at radius 2 is 2.42 bits per heavy atom. The minimum Gasteiger partial charge on any atom is -0.227 e. The first-order chi connectivity index (χ1) is 5.84. The topological polar surface area (TPSA) is 12.9 Å². The molecule has 1 rings (SSSR count). The fourth-order valence-electron chi connectivity index (χ4n) is 0.684. The molecule has 1 heterocycles. The van der Waals surface area contributed by atoms with Crippen molar-refractivity contribution < 1.29 is 4.39 Å². The zero-order valence-corrected chi connectivity index (χ0v) is 7.11. The summed E-state index contributed by atoms with van der Waals surface area (Å²) in [7, 11) is 0. The standard InChI is InChI=1S/C9H7ClFN/c10-6-2-1-4-8-5-3-7-12-9(8)11/h3,5,7H,2,6H2.